The van der Waals surface area contributed by atoms with Crippen LogP contribution in [0.4, 0.5) is 21.6 Å². The summed E-state index contributed by atoms with van der Waals surface area (Å²) in [7, 11) is 3.81. The van der Waals surface area contributed by atoms with Crippen molar-refractivity contribution in [2.75, 3.05) is 31.3 Å². The van der Waals surface area contributed by atoms with Crippen LogP contribution in [0.1, 0.15) is 0 Å². The number of ether oxygens (including phenoxy) is 1. The summed E-state index contributed by atoms with van der Waals surface area (Å²) in [5.41, 5.74) is 4.09. The van der Waals surface area contributed by atoms with Crippen molar-refractivity contribution in [3.8, 4) is 5.75 Å². The molecule has 1 aliphatic rings. The molecule has 0 aliphatic carbocycles. The van der Waals surface area contributed by atoms with Crippen LogP contribution < -0.4 is 20.9 Å². The van der Waals surface area contributed by atoms with Crippen LogP contribution in [0, 0.1) is 5.82 Å². The second kappa shape index (κ2) is 10.9. The van der Waals surface area contributed by atoms with Gasteiger partial charge in [0.15, 0.2) is 5.75 Å². The molecule has 0 saturated carbocycles. The Bertz CT molecular complexity index is 1340. The Kier molecular flexibility index (Phi) is 7.44. The van der Waals surface area contributed by atoms with Crippen LogP contribution >= 0.6 is 11.6 Å². The highest BCUT2D eigenvalue weighted by Crippen LogP contribution is 2.34. The molecule has 3 aromatic rings. The van der Waals surface area contributed by atoms with E-state index in [2.05, 4.69) is 26.1 Å². The predicted octanol–water partition coefficient (Wildman–Crippen LogP) is 4.49. The van der Waals surface area contributed by atoms with Crippen molar-refractivity contribution in [1.29, 1.82) is 0 Å². The zero-order valence-corrected chi connectivity index (χ0v) is 19.6. The number of nitrogens with one attached hydrogen (secondary N) is 3. The SMILES string of the molecule is CN(C)C/C=C/C(=O)Nc1cc2c(Nc3ccc(F)c(Cl)c3)ncnc2cc1OC1=CC=CON1. The molecule has 9 nitrogen and oxygen atoms in total. The number of amides is 1. The van der Waals surface area contributed by atoms with Crippen LogP contribution in [-0.2, 0) is 9.63 Å². The van der Waals surface area contributed by atoms with Crippen molar-refractivity contribution < 1.29 is 18.8 Å². The van der Waals surface area contributed by atoms with E-state index in [-0.39, 0.29) is 10.9 Å². The first-order valence-electron chi connectivity index (χ1n) is 10.5. The number of carbonyl (C=O) groups is 1. The van der Waals surface area contributed by atoms with Gasteiger partial charge in [0.05, 0.1) is 16.2 Å². The van der Waals surface area contributed by atoms with E-state index in [0.717, 1.165) is 0 Å². The van der Waals surface area contributed by atoms with E-state index < -0.39 is 5.82 Å². The molecule has 0 bridgehead atoms. The van der Waals surface area contributed by atoms with E-state index >= 15 is 0 Å². The van der Waals surface area contributed by atoms with Gasteiger partial charge in [0.25, 0.3) is 0 Å². The highest BCUT2D eigenvalue weighted by Gasteiger charge is 2.15. The summed E-state index contributed by atoms with van der Waals surface area (Å²) in [5.74, 6) is 0.222. The van der Waals surface area contributed by atoms with Gasteiger partial charge in [-0.05, 0) is 44.4 Å². The van der Waals surface area contributed by atoms with Crippen molar-refractivity contribution in [3.63, 3.8) is 0 Å². The molecule has 0 fully saturated rings. The standard InChI is InChI=1S/C24H22ClFN6O3/c1-32(2)9-3-5-22(33)30-20-12-16-19(13-21(20)35-23-6-4-10-34-31-23)27-14-28-24(16)29-15-7-8-18(26)17(25)11-15/h3-8,10-14,31H,9H2,1-2H3,(H,30,33)(H,27,28,29)/b5-3+. The number of allylic oxidation sites excluding steroid dienone is 2. The van der Waals surface area contributed by atoms with Crippen molar-refractivity contribution in [2.45, 2.75) is 0 Å². The summed E-state index contributed by atoms with van der Waals surface area (Å²) in [6.07, 6.45) is 9.35. The summed E-state index contributed by atoms with van der Waals surface area (Å²) in [6.45, 7) is 0.608. The topological polar surface area (TPSA) is 101 Å². The lowest BCUT2D eigenvalue weighted by molar-refractivity contribution is -0.111. The maximum Gasteiger partial charge on any atom is 0.248 e. The minimum Gasteiger partial charge on any atom is -0.436 e. The Morgan fingerprint density at radius 3 is 2.89 bits per heavy atom. The van der Waals surface area contributed by atoms with Gasteiger partial charge in [-0.15, -0.1) is 0 Å². The summed E-state index contributed by atoms with van der Waals surface area (Å²) in [4.78, 5) is 28.2. The Labute approximate surface area is 205 Å². The fourth-order valence-electron chi connectivity index (χ4n) is 3.09. The van der Waals surface area contributed by atoms with Crippen molar-refractivity contribution in [2.24, 2.45) is 0 Å². The van der Waals surface area contributed by atoms with E-state index in [1.54, 1.807) is 36.4 Å². The molecule has 4 rings (SSSR count). The Morgan fingerprint density at radius 1 is 1.29 bits per heavy atom. The highest BCUT2D eigenvalue weighted by molar-refractivity contribution is 6.31. The smallest absolute Gasteiger partial charge is 0.248 e. The molecule has 1 aliphatic heterocycles. The molecule has 3 N–H and O–H groups in total. The third-order valence-corrected chi connectivity index (χ3v) is 4.98. The number of carbonyl (C=O) groups excluding carboxylic acids is 1. The van der Waals surface area contributed by atoms with E-state index in [9.17, 15) is 9.18 Å². The van der Waals surface area contributed by atoms with Crippen LogP contribution in [0.2, 0.25) is 5.02 Å². The molecule has 2 aromatic carbocycles. The average molecular weight is 497 g/mol. The van der Waals surface area contributed by atoms with Gasteiger partial charge in [-0.1, -0.05) is 17.7 Å². The normalized spacial score (nSPS) is 12.9. The molecule has 0 radical (unpaired) electrons. The molecule has 11 heteroatoms. The lowest BCUT2D eigenvalue weighted by atomic mass is 10.1. The number of aromatic nitrogens is 2. The molecular formula is C24H22ClFN6O3. The number of nitrogens with zero attached hydrogens (tertiary/aromatic N) is 3. The van der Waals surface area contributed by atoms with Gasteiger partial charge in [-0.25, -0.2) is 14.4 Å². The first kappa shape index (κ1) is 24.0. The predicted molar refractivity (Wildman–Crippen MR) is 133 cm³/mol. The van der Waals surface area contributed by atoms with Crippen LogP contribution in [0.5, 0.6) is 5.75 Å². The summed E-state index contributed by atoms with van der Waals surface area (Å²) < 4.78 is 19.5. The van der Waals surface area contributed by atoms with Gasteiger partial charge in [-0.3, -0.25) is 4.79 Å². The molecule has 180 valence electrons. The van der Waals surface area contributed by atoms with Crippen molar-refractivity contribution in [1.82, 2.24) is 20.3 Å². The summed E-state index contributed by atoms with van der Waals surface area (Å²) >= 11 is 5.91. The zero-order valence-electron chi connectivity index (χ0n) is 18.9. The van der Waals surface area contributed by atoms with Gasteiger partial charge >= 0.3 is 0 Å². The zero-order chi connectivity index (χ0) is 24.8. The van der Waals surface area contributed by atoms with E-state index in [4.69, 9.17) is 21.2 Å². The number of halogens is 2. The Morgan fingerprint density at radius 2 is 2.14 bits per heavy atom. The lowest BCUT2D eigenvalue weighted by Gasteiger charge is -2.17. The highest BCUT2D eigenvalue weighted by atomic mass is 35.5. The second-order valence-electron chi connectivity index (χ2n) is 7.68. The minimum atomic E-state index is -0.525. The van der Waals surface area contributed by atoms with Crippen LogP contribution in [0.15, 0.2) is 73.1 Å². The fourth-order valence-corrected chi connectivity index (χ4v) is 3.27. The maximum absolute atomic E-state index is 13.6. The number of anilines is 3. The second-order valence-corrected chi connectivity index (χ2v) is 8.08. The average Bonchev–Trinajstić information content (AvgIpc) is 2.82. The number of fused-ring (bicyclic) bond motifs is 1. The Balaban J connectivity index is 1.71. The van der Waals surface area contributed by atoms with Gasteiger partial charge in [-0.2, -0.15) is 5.48 Å². The summed E-state index contributed by atoms with van der Waals surface area (Å²) in [5, 5.41) is 6.52. The number of rotatable bonds is 8. The van der Waals surface area contributed by atoms with Crippen LogP contribution in [0.25, 0.3) is 10.9 Å². The quantitative estimate of drug-likeness (QED) is 0.392. The monoisotopic (exact) mass is 496 g/mol. The fraction of sp³-hybridized carbons (Fsp3) is 0.125. The molecule has 35 heavy (non-hydrogen) atoms. The molecule has 0 saturated heterocycles. The molecular weight excluding hydrogens is 475 g/mol. The van der Waals surface area contributed by atoms with E-state index in [0.29, 0.717) is 46.3 Å². The molecule has 0 atom stereocenters. The van der Waals surface area contributed by atoms with Crippen LogP contribution in [-0.4, -0.2) is 41.4 Å². The van der Waals surface area contributed by atoms with Gasteiger partial charge < -0.3 is 25.1 Å². The number of hydrogen-bond acceptors (Lipinski definition) is 8. The number of likely N-dealkylation sites (N-methyl/N-ethyl adjacent to an activating group) is 1. The molecule has 0 unspecified atom stereocenters. The van der Waals surface area contributed by atoms with Gasteiger partial charge in [0.2, 0.25) is 11.8 Å². The Hall–Kier alpha value is -4.15. The number of hydroxylamine groups is 1. The minimum absolute atomic E-state index is 0.0222. The van der Waals surface area contributed by atoms with Crippen LogP contribution in [0.3, 0.4) is 0 Å². The molecule has 1 aromatic heterocycles. The third kappa shape index (κ3) is 6.25. The number of hydrogen-bond donors (Lipinski definition) is 3. The lowest BCUT2D eigenvalue weighted by Crippen LogP contribution is -2.19. The molecule has 2 heterocycles. The summed E-state index contributed by atoms with van der Waals surface area (Å²) in [6, 6.07) is 7.61. The maximum atomic E-state index is 13.6. The van der Waals surface area contributed by atoms with Gasteiger partial charge in [0, 0.05) is 35.8 Å². The van der Waals surface area contributed by atoms with E-state index in [1.807, 2.05) is 19.0 Å². The third-order valence-electron chi connectivity index (χ3n) is 4.69. The van der Waals surface area contributed by atoms with Crippen molar-refractivity contribution >= 4 is 45.6 Å². The first-order valence-corrected chi connectivity index (χ1v) is 10.9. The van der Waals surface area contributed by atoms with E-state index in [1.165, 1.54) is 30.8 Å². The van der Waals surface area contributed by atoms with Crippen molar-refractivity contribution in [3.05, 3.63) is 83.9 Å². The van der Waals surface area contributed by atoms with Gasteiger partial charge in [0.1, 0.15) is 24.2 Å². The number of benzene rings is 2. The molecule has 1 amide bonds. The largest absolute Gasteiger partial charge is 0.436 e. The first-order chi connectivity index (χ1) is 16.9. The molecule has 0 spiro atoms.